The van der Waals surface area contributed by atoms with Gasteiger partial charge in [0, 0.05) is 16.5 Å². The Bertz CT molecular complexity index is 1160. The first-order valence-corrected chi connectivity index (χ1v) is 10.7. The molecule has 0 radical (unpaired) electrons. The van der Waals surface area contributed by atoms with Gasteiger partial charge in [0.15, 0.2) is 0 Å². The molecule has 0 aliphatic heterocycles. The van der Waals surface area contributed by atoms with Crippen molar-refractivity contribution in [3.8, 4) is 16.9 Å². The Labute approximate surface area is 191 Å². The molecule has 31 heavy (non-hydrogen) atoms. The molecule has 0 atom stereocenters. The third kappa shape index (κ3) is 5.21. The van der Waals surface area contributed by atoms with Crippen molar-refractivity contribution in [2.45, 2.75) is 6.92 Å². The van der Waals surface area contributed by atoms with Gasteiger partial charge in [-0.05, 0) is 64.3 Å². The first-order valence-electron chi connectivity index (χ1n) is 9.14. The Hall–Kier alpha value is -2.97. The third-order valence-corrected chi connectivity index (χ3v) is 6.09. The predicted octanol–water partition coefficient (Wildman–Crippen LogP) is 6.07. The lowest BCUT2D eigenvalue weighted by Crippen LogP contribution is -2.11. The van der Waals surface area contributed by atoms with Crippen LogP contribution in [0, 0.1) is 12.7 Å². The molecule has 160 valence electrons. The van der Waals surface area contributed by atoms with Crippen molar-refractivity contribution in [3.05, 3.63) is 74.8 Å². The molecule has 0 aliphatic carbocycles. The summed E-state index contributed by atoms with van der Waals surface area (Å²) in [6.07, 6.45) is 3.03. The number of esters is 1. The molecule has 1 aromatic heterocycles. The summed E-state index contributed by atoms with van der Waals surface area (Å²) in [6, 6.07) is 11.2. The van der Waals surface area contributed by atoms with E-state index in [2.05, 4.69) is 21.2 Å². The number of halogens is 2. The van der Waals surface area contributed by atoms with E-state index in [0.29, 0.717) is 21.9 Å². The molecule has 5 nitrogen and oxygen atoms in total. The lowest BCUT2D eigenvalue weighted by atomic mass is 10.0. The molecule has 0 aliphatic rings. The first-order chi connectivity index (χ1) is 14.8. The fraction of sp³-hybridized carbons (Fsp3) is 0.130. The number of anilines is 1. The van der Waals surface area contributed by atoms with Gasteiger partial charge in [-0.25, -0.2) is 9.18 Å². The monoisotopic (exact) mass is 503 g/mol. The number of amides is 1. The van der Waals surface area contributed by atoms with Crippen molar-refractivity contribution < 1.29 is 23.5 Å². The van der Waals surface area contributed by atoms with Crippen LogP contribution in [-0.4, -0.2) is 26.1 Å². The summed E-state index contributed by atoms with van der Waals surface area (Å²) in [6.45, 7) is 1.83. The van der Waals surface area contributed by atoms with Crippen LogP contribution in [-0.2, 0) is 9.53 Å². The van der Waals surface area contributed by atoms with Gasteiger partial charge in [-0.1, -0.05) is 18.2 Å². The number of aryl methyl sites for hydroxylation is 1. The molecule has 0 saturated carbocycles. The van der Waals surface area contributed by atoms with Gasteiger partial charge in [0.05, 0.1) is 18.7 Å². The normalized spacial score (nSPS) is 10.9. The van der Waals surface area contributed by atoms with Gasteiger partial charge in [-0.15, -0.1) is 11.3 Å². The van der Waals surface area contributed by atoms with Crippen molar-refractivity contribution in [3.63, 3.8) is 0 Å². The average molecular weight is 504 g/mol. The molecule has 1 N–H and O–H groups in total. The number of rotatable bonds is 6. The Morgan fingerprint density at radius 3 is 2.45 bits per heavy atom. The van der Waals surface area contributed by atoms with Crippen LogP contribution in [0.25, 0.3) is 17.2 Å². The zero-order chi connectivity index (χ0) is 22.5. The van der Waals surface area contributed by atoms with E-state index < -0.39 is 11.9 Å². The fourth-order valence-electron chi connectivity index (χ4n) is 3.01. The van der Waals surface area contributed by atoms with Crippen LogP contribution in [0.3, 0.4) is 0 Å². The highest BCUT2D eigenvalue weighted by Crippen LogP contribution is 2.40. The van der Waals surface area contributed by atoms with Gasteiger partial charge >= 0.3 is 5.97 Å². The molecule has 0 saturated heterocycles. The molecule has 3 rings (SSSR count). The summed E-state index contributed by atoms with van der Waals surface area (Å²) >= 11 is 4.66. The van der Waals surface area contributed by atoms with Crippen molar-refractivity contribution in [1.82, 2.24) is 0 Å². The fourth-order valence-corrected chi connectivity index (χ4v) is 4.63. The van der Waals surface area contributed by atoms with E-state index in [4.69, 9.17) is 9.47 Å². The molecule has 2 aromatic carbocycles. The van der Waals surface area contributed by atoms with Crippen LogP contribution < -0.4 is 10.1 Å². The number of nitrogens with one attached hydrogen (secondary N) is 1. The lowest BCUT2D eigenvalue weighted by Gasteiger charge is -2.07. The van der Waals surface area contributed by atoms with E-state index >= 15 is 0 Å². The minimum atomic E-state index is -0.581. The smallest absolute Gasteiger partial charge is 0.341 e. The Morgan fingerprint density at radius 2 is 1.84 bits per heavy atom. The predicted molar refractivity (Wildman–Crippen MR) is 124 cm³/mol. The number of ether oxygens (including phenoxy) is 2. The summed E-state index contributed by atoms with van der Waals surface area (Å²) in [5.41, 5.74) is 2.31. The highest BCUT2D eigenvalue weighted by molar-refractivity contribution is 9.10. The van der Waals surface area contributed by atoms with Crippen LogP contribution in [0.5, 0.6) is 5.75 Å². The summed E-state index contributed by atoms with van der Waals surface area (Å²) in [5, 5.41) is 3.13. The van der Waals surface area contributed by atoms with Crippen LogP contribution >= 0.6 is 27.3 Å². The molecule has 1 heterocycles. The first kappa shape index (κ1) is 22.7. The topological polar surface area (TPSA) is 64.6 Å². The quantitative estimate of drug-likeness (QED) is 0.327. The van der Waals surface area contributed by atoms with E-state index in [9.17, 15) is 14.0 Å². The second kappa shape index (κ2) is 9.89. The van der Waals surface area contributed by atoms with E-state index in [1.807, 2.05) is 19.1 Å². The van der Waals surface area contributed by atoms with Gasteiger partial charge in [-0.2, -0.15) is 0 Å². The maximum atomic E-state index is 13.3. The molecule has 0 fully saturated rings. The second-order valence-electron chi connectivity index (χ2n) is 6.45. The molecular weight excluding hydrogens is 485 g/mol. The average Bonchev–Trinajstić information content (AvgIpc) is 3.07. The Kier molecular flexibility index (Phi) is 7.25. The number of methoxy groups -OCH3 is 2. The maximum absolute atomic E-state index is 13.3. The van der Waals surface area contributed by atoms with Gasteiger partial charge in [-0.3, -0.25) is 4.79 Å². The second-order valence-corrected chi connectivity index (χ2v) is 8.53. The van der Waals surface area contributed by atoms with Crippen molar-refractivity contribution in [2.24, 2.45) is 0 Å². The van der Waals surface area contributed by atoms with Gasteiger partial charge in [0.1, 0.15) is 22.1 Å². The standard InChI is InChI=1S/C23H19BrFNO4S/c1-13-20(15-6-8-16(25)9-7-15)21(23(28)30-3)22(31-13)26-19(27)11-5-14-4-10-18(29-2)17(24)12-14/h4-12H,1-3H3,(H,26,27)/b11-5+. The maximum Gasteiger partial charge on any atom is 0.341 e. The van der Waals surface area contributed by atoms with E-state index in [1.165, 1.54) is 36.7 Å². The zero-order valence-corrected chi connectivity index (χ0v) is 19.4. The van der Waals surface area contributed by atoms with Gasteiger partial charge < -0.3 is 14.8 Å². The molecule has 1 amide bonds. The van der Waals surface area contributed by atoms with Crippen molar-refractivity contribution in [2.75, 3.05) is 19.5 Å². The Balaban J connectivity index is 1.89. The largest absolute Gasteiger partial charge is 0.496 e. The van der Waals surface area contributed by atoms with E-state index in [1.54, 1.807) is 31.4 Å². The summed E-state index contributed by atoms with van der Waals surface area (Å²) in [4.78, 5) is 25.8. The van der Waals surface area contributed by atoms with Gasteiger partial charge in [0.25, 0.3) is 0 Å². The minimum Gasteiger partial charge on any atom is -0.496 e. The van der Waals surface area contributed by atoms with E-state index in [-0.39, 0.29) is 11.4 Å². The van der Waals surface area contributed by atoms with E-state index in [0.717, 1.165) is 14.9 Å². The molecule has 0 bridgehead atoms. The van der Waals surface area contributed by atoms with Crippen LogP contribution in [0.15, 0.2) is 53.0 Å². The number of carbonyl (C=O) groups excluding carboxylic acids is 2. The van der Waals surface area contributed by atoms with Crippen LogP contribution in [0.1, 0.15) is 20.8 Å². The number of hydrogen-bond donors (Lipinski definition) is 1. The zero-order valence-electron chi connectivity index (χ0n) is 17.0. The number of thiophene rings is 1. The molecule has 0 spiro atoms. The van der Waals surface area contributed by atoms with Crippen molar-refractivity contribution in [1.29, 1.82) is 0 Å². The molecule has 0 unspecified atom stereocenters. The number of carbonyl (C=O) groups is 2. The van der Waals surface area contributed by atoms with Gasteiger partial charge in [0.2, 0.25) is 5.91 Å². The lowest BCUT2D eigenvalue weighted by molar-refractivity contribution is -0.111. The minimum absolute atomic E-state index is 0.241. The van der Waals surface area contributed by atoms with Crippen molar-refractivity contribution >= 4 is 50.2 Å². The number of benzene rings is 2. The molecule has 3 aromatic rings. The highest BCUT2D eigenvalue weighted by Gasteiger charge is 2.24. The highest BCUT2D eigenvalue weighted by atomic mass is 79.9. The van der Waals surface area contributed by atoms with Crippen LogP contribution in [0.2, 0.25) is 0 Å². The third-order valence-electron chi connectivity index (χ3n) is 4.45. The summed E-state index contributed by atoms with van der Waals surface area (Å²) in [7, 11) is 2.85. The number of hydrogen-bond acceptors (Lipinski definition) is 5. The Morgan fingerprint density at radius 1 is 1.13 bits per heavy atom. The van der Waals surface area contributed by atoms with Crippen LogP contribution in [0.4, 0.5) is 9.39 Å². The summed E-state index contributed by atoms with van der Waals surface area (Å²) < 4.78 is 24.2. The SMILES string of the molecule is COC(=O)c1c(NC(=O)/C=C/c2ccc(OC)c(Br)c2)sc(C)c1-c1ccc(F)cc1. The summed E-state index contributed by atoms with van der Waals surface area (Å²) in [5.74, 6) is -0.669. The molecular formula is C23H19BrFNO4S. The molecule has 8 heteroatoms.